The van der Waals surface area contributed by atoms with Crippen LogP contribution < -0.4 is 16.4 Å². The zero-order valence-corrected chi connectivity index (χ0v) is 13.7. The molecule has 0 fully saturated rings. The molecule has 8 heteroatoms. The Morgan fingerprint density at radius 2 is 2.04 bits per heavy atom. The van der Waals surface area contributed by atoms with Crippen molar-refractivity contribution in [3.8, 4) is 0 Å². The molecule has 0 bridgehead atoms. The summed E-state index contributed by atoms with van der Waals surface area (Å²) in [5, 5.41) is 5.56. The fourth-order valence-corrected chi connectivity index (χ4v) is 2.08. The lowest BCUT2D eigenvalue weighted by Gasteiger charge is -2.10. The third kappa shape index (κ3) is 3.78. The van der Waals surface area contributed by atoms with E-state index in [0.29, 0.717) is 11.3 Å². The van der Waals surface area contributed by atoms with Crippen LogP contribution in [0.1, 0.15) is 33.2 Å². The Labute approximate surface area is 139 Å². The van der Waals surface area contributed by atoms with Crippen LogP contribution in [-0.2, 0) is 4.74 Å². The van der Waals surface area contributed by atoms with Gasteiger partial charge in [-0.2, -0.15) is 4.98 Å². The van der Waals surface area contributed by atoms with Crippen LogP contribution in [0.3, 0.4) is 0 Å². The lowest BCUT2D eigenvalue weighted by atomic mass is 10.1. The lowest BCUT2D eigenvalue weighted by Crippen LogP contribution is -2.18. The quantitative estimate of drug-likeness (QED) is 0.713. The summed E-state index contributed by atoms with van der Waals surface area (Å²) < 4.78 is 4.87. The molecule has 0 spiro atoms. The van der Waals surface area contributed by atoms with Gasteiger partial charge in [-0.15, -0.1) is 0 Å². The molecular formula is C16H19N5O3. The Balaban J connectivity index is 2.20. The SMILES string of the molecule is CCOC(=O)c1cnc(Nc2ccc(C(=O)NC)c(C)c2)nc1N. The van der Waals surface area contributed by atoms with Gasteiger partial charge in [-0.3, -0.25) is 4.79 Å². The summed E-state index contributed by atoms with van der Waals surface area (Å²) in [6.07, 6.45) is 1.31. The maximum absolute atomic E-state index is 11.7. The number of hydrogen-bond acceptors (Lipinski definition) is 7. The van der Waals surface area contributed by atoms with E-state index in [1.165, 1.54) is 6.20 Å². The zero-order valence-electron chi connectivity index (χ0n) is 13.7. The van der Waals surface area contributed by atoms with Crippen molar-refractivity contribution in [3.05, 3.63) is 41.1 Å². The molecule has 1 aromatic heterocycles. The number of carbonyl (C=O) groups is 2. The van der Waals surface area contributed by atoms with Gasteiger partial charge >= 0.3 is 5.97 Å². The number of aryl methyl sites for hydroxylation is 1. The van der Waals surface area contributed by atoms with Crippen LogP contribution in [0.5, 0.6) is 0 Å². The highest BCUT2D eigenvalue weighted by Crippen LogP contribution is 2.19. The molecule has 0 aliphatic heterocycles. The van der Waals surface area contributed by atoms with E-state index in [0.717, 1.165) is 5.56 Å². The third-order valence-electron chi connectivity index (χ3n) is 3.27. The molecule has 2 rings (SSSR count). The number of esters is 1. The van der Waals surface area contributed by atoms with Gasteiger partial charge in [0.2, 0.25) is 5.95 Å². The normalized spacial score (nSPS) is 10.1. The minimum absolute atomic E-state index is 0.0321. The predicted molar refractivity (Wildman–Crippen MR) is 90.3 cm³/mol. The van der Waals surface area contributed by atoms with Crippen molar-refractivity contribution >= 4 is 29.3 Å². The van der Waals surface area contributed by atoms with Crippen molar-refractivity contribution in [2.24, 2.45) is 0 Å². The number of ether oxygens (including phenoxy) is 1. The standard InChI is InChI=1S/C16H19N5O3/c1-4-24-15(23)12-8-19-16(21-13(12)17)20-10-5-6-11(9(2)7-10)14(22)18-3/h5-8H,4H2,1-3H3,(H,18,22)(H3,17,19,20,21). The summed E-state index contributed by atoms with van der Waals surface area (Å²) in [4.78, 5) is 31.5. The minimum Gasteiger partial charge on any atom is -0.462 e. The van der Waals surface area contributed by atoms with E-state index in [4.69, 9.17) is 10.5 Å². The third-order valence-corrected chi connectivity index (χ3v) is 3.27. The van der Waals surface area contributed by atoms with Crippen LogP contribution in [0.25, 0.3) is 0 Å². The van der Waals surface area contributed by atoms with E-state index in [1.54, 1.807) is 32.2 Å². The largest absolute Gasteiger partial charge is 0.462 e. The molecule has 1 amide bonds. The highest BCUT2D eigenvalue weighted by atomic mass is 16.5. The smallest absolute Gasteiger partial charge is 0.343 e. The van der Waals surface area contributed by atoms with Crippen molar-refractivity contribution in [1.29, 1.82) is 0 Å². The van der Waals surface area contributed by atoms with Gasteiger partial charge in [-0.05, 0) is 37.6 Å². The molecule has 2 aromatic rings. The van der Waals surface area contributed by atoms with Crippen molar-refractivity contribution in [2.45, 2.75) is 13.8 Å². The fourth-order valence-electron chi connectivity index (χ4n) is 2.08. The number of nitrogens with two attached hydrogens (primary N) is 1. The number of aromatic nitrogens is 2. The molecule has 0 aliphatic carbocycles. The molecule has 1 heterocycles. The van der Waals surface area contributed by atoms with Gasteiger partial charge in [-0.1, -0.05) is 0 Å². The molecule has 0 aliphatic rings. The van der Waals surface area contributed by atoms with Crippen LogP contribution in [0.15, 0.2) is 24.4 Å². The first-order valence-corrected chi connectivity index (χ1v) is 7.35. The molecule has 4 N–H and O–H groups in total. The van der Waals surface area contributed by atoms with E-state index in [-0.39, 0.29) is 29.8 Å². The summed E-state index contributed by atoms with van der Waals surface area (Å²) in [6.45, 7) is 3.78. The van der Waals surface area contributed by atoms with Crippen molar-refractivity contribution < 1.29 is 14.3 Å². The molecule has 0 saturated heterocycles. The topological polar surface area (TPSA) is 119 Å². The second-order valence-corrected chi connectivity index (χ2v) is 4.95. The van der Waals surface area contributed by atoms with Crippen molar-refractivity contribution in [2.75, 3.05) is 24.7 Å². The number of nitrogens with one attached hydrogen (secondary N) is 2. The summed E-state index contributed by atoms with van der Waals surface area (Å²) in [5.41, 5.74) is 7.98. The number of nitrogen functional groups attached to an aromatic ring is 1. The molecule has 1 aromatic carbocycles. The second-order valence-electron chi connectivity index (χ2n) is 4.95. The lowest BCUT2D eigenvalue weighted by molar-refractivity contribution is 0.0526. The van der Waals surface area contributed by atoms with Gasteiger partial charge in [0.15, 0.2) is 0 Å². The van der Waals surface area contributed by atoms with E-state index >= 15 is 0 Å². The monoisotopic (exact) mass is 329 g/mol. The van der Waals surface area contributed by atoms with Crippen molar-refractivity contribution in [3.63, 3.8) is 0 Å². The first kappa shape index (κ1) is 17.2. The first-order valence-electron chi connectivity index (χ1n) is 7.35. The van der Waals surface area contributed by atoms with E-state index in [1.807, 2.05) is 6.92 Å². The van der Waals surface area contributed by atoms with Crippen LogP contribution in [0.2, 0.25) is 0 Å². The van der Waals surface area contributed by atoms with Gasteiger partial charge in [0.1, 0.15) is 11.4 Å². The molecule has 24 heavy (non-hydrogen) atoms. The number of amides is 1. The molecule has 0 radical (unpaired) electrons. The highest BCUT2D eigenvalue weighted by Gasteiger charge is 2.14. The van der Waals surface area contributed by atoms with Crippen LogP contribution in [-0.4, -0.2) is 35.5 Å². The van der Waals surface area contributed by atoms with Gasteiger partial charge in [0.05, 0.1) is 6.61 Å². The van der Waals surface area contributed by atoms with E-state index < -0.39 is 5.97 Å². The molecule has 0 atom stereocenters. The number of nitrogens with zero attached hydrogens (tertiary/aromatic N) is 2. The Hall–Kier alpha value is -3.16. The number of rotatable bonds is 5. The average molecular weight is 329 g/mol. The first-order chi connectivity index (χ1) is 11.5. The van der Waals surface area contributed by atoms with Crippen LogP contribution >= 0.6 is 0 Å². The van der Waals surface area contributed by atoms with E-state index in [9.17, 15) is 9.59 Å². The molecule has 8 nitrogen and oxygen atoms in total. The summed E-state index contributed by atoms with van der Waals surface area (Å²) >= 11 is 0. The number of benzene rings is 1. The minimum atomic E-state index is -0.563. The Bertz CT molecular complexity index is 776. The van der Waals surface area contributed by atoms with Gasteiger partial charge in [0.25, 0.3) is 5.91 Å². The van der Waals surface area contributed by atoms with E-state index in [2.05, 4.69) is 20.6 Å². The Kier molecular flexibility index (Phi) is 5.31. The molecular weight excluding hydrogens is 310 g/mol. The molecule has 126 valence electrons. The van der Waals surface area contributed by atoms with Crippen LogP contribution in [0.4, 0.5) is 17.5 Å². The number of anilines is 3. The maximum atomic E-state index is 11.7. The summed E-state index contributed by atoms with van der Waals surface area (Å²) in [7, 11) is 1.58. The zero-order chi connectivity index (χ0) is 17.7. The second kappa shape index (κ2) is 7.40. The number of carbonyl (C=O) groups excluding carboxylic acids is 2. The Morgan fingerprint density at radius 1 is 1.29 bits per heavy atom. The molecule has 0 unspecified atom stereocenters. The Morgan fingerprint density at radius 3 is 2.62 bits per heavy atom. The van der Waals surface area contributed by atoms with Crippen LogP contribution in [0, 0.1) is 6.92 Å². The van der Waals surface area contributed by atoms with Crippen molar-refractivity contribution in [1.82, 2.24) is 15.3 Å². The highest BCUT2D eigenvalue weighted by molar-refractivity contribution is 5.96. The average Bonchev–Trinajstić information content (AvgIpc) is 2.54. The summed E-state index contributed by atoms with van der Waals surface area (Å²) in [5.74, 6) is -0.442. The number of hydrogen-bond donors (Lipinski definition) is 3. The predicted octanol–water partition coefficient (Wildman–Crippen LogP) is 1.65. The maximum Gasteiger partial charge on any atom is 0.343 e. The fraction of sp³-hybridized carbons (Fsp3) is 0.250. The van der Waals surface area contributed by atoms with Gasteiger partial charge < -0.3 is 21.1 Å². The van der Waals surface area contributed by atoms with Gasteiger partial charge in [-0.25, -0.2) is 9.78 Å². The van der Waals surface area contributed by atoms with Gasteiger partial charge in [0, 0.05) is 24.5 Å². The molecule has 0 saturated carbocycles. The summed E-state index contributed by atoms with van der Waals surface area (Å²) in [6, 6.07) is 5.23.